The highest BCUT2D eigenvalue weighted by Gasteiger charge is 2.31. The van der Waals surface area contributed by atoms with E-state index in [-0.39, 0.29) is 11.9 Å². The van der Waals surface area contributed by atoms with Crippen molar-refractivity contribution in [3.05, 3.63) is 29.8 Å². The lowest BCUT2D eigenvalue weighted by atomic mass is 9.96. The van der Waals surface area contributed by atoms with E-state index < -0.39 is 0 Å². The Labute approximate surface area is 127 Å². The molecule has 0 saturated heterocycles. The molecule has 3 nitrogen and oxygen atoms in total. The highest BCUT2D eigenvalue weighted by atomic mass is 19.1. The predicted molar refractivity (Wildman–Crippen MR) is 84.6 cm³/mol. The summed E-state index contributed by atoms with van der Waals surface area (Å²) in [6.45, 7) is 8.57. The van der Waals surface area contributed by atoms with E-state index in [1.54, 1.807) is 6.07 Å². The van der Waals surface area contributed by atoms with Crippen LogP contribution in [0.1, 0.15) is 45.3 Å². The zero-order chi connectivity index (χ0) is 15.4. The Balaban J connectivity index is 2.00. The van der Waals surface area contributed by atoms with E-state index in [1.807, 2.05) is 0 Å². The molecule has 3 unspecified atom stereocenters. The van der Waals surface area contributed by atoms with Gasteiger partial charge in [0.1, 0.15) is 5.82 Å². The molecule has 0 aliphatic heterocycles. The summed E-state index contributed by atoms with van der Waals surface area (Å²) in [6, 6.07) is 4.11. The lowest BCUT2D eigenvalue weighted by Crippen LogP contribution is -2.39. The molecule has 1 fully saturated rings. The summed E-state index contributed by atoms with van der Waals surface area (Å²) in [7, 11) is 2.21. The van der Waals surface area contributed by atoms with Crippen molar-refractivity contribution in [1.29, 1.82) is 0 Å². The summed E-state index contributed by atoms with van der Waals surface area (Å²) in [5.41, 5.74) is 0.929. The molecule has 0 amide bonds. The van der Waals surface area contributed by atoms with Gasteiger partial charge < -0.3 is 10.2 Å². The number of pyridine rings is 1. The SMILES string of the molecule is CCNC(c1ccc(F)cn1)C(C)CN(C)C(C)C1CC1. The highest BCUT2D eigenvalue weighted by molar-refractivity contribution is 5.11. The van der Waals surface area contributed by atoms with Crippen LogP contribution in [0.25, 0.3) is 0 Å². The van der Waals surface area contributed by atoms with Crippen LogP contribution >= 0.6 is 0 Å². The van der Waals surface area contributed by atoms with Crippen LogP contribution in [-0.4, -0.2) is 36.1 Å². The Morgan fingerprint density at radius 1 is 1.38 bits per heavy atom. The average Bonchev–Trinajstić information content (AvgIpc) is 3.29. The van der Waals surface area contributed by atoms with Gasteiger partial charge in [-0.3, -0.25) is 4.98 Å². The van der Waals surface area contributed by atoms with Gasteiger partial charge in [-0.05, 0) is 57.3 Å². The highest BCUT2D eigenvalue weighted by Crippen LogP contribution is 2.35. The Morgan fingerprint density at radius 2 is 2.10 bits per heavy atom. The third kappa shape index (κ3) is 4.48. The van der Waals surface area contributed by atoms with Crippen molar-refractivity contribution in [3.8, 4) is 0 Å². The summed E-state index contributed by atoms with van der Waals surface area (Å²) >= 11 is 0. The lowest BCUT2D eigenvalue weighted by molar-refractivity contribution is 0.184. The van der Waals surface area contributed by atoms with Gasteiger partial charge in [-0.1, -0.05) is 13.8 Å². The van der Waals surface area contributed by atoms with Gasteiger partial charge in [0.25, 0.3) is 0 Å². The number of hydrogen-bond acceptors (Lipinski definition) is 3. The molecule has 1 aliphatic carbocycles. The number of hydrogen-bond donors (Lipinski definition) is 1. The Hall–Kier alpha value is -1.00. The van der Waals surface area contributed by atoms with Crippen LogP contribution < -0.4 is 5.32 Å². The van der Waals surface area contributed by atoms with Gasteiger partial charge in [-0.15, -0.1) is 0 Å². The van der Waals surface area contributed by atoms with E-state index in [4.69, 9.17) is 0 Å². The smallest absolute Gasteiger partial charge is 0.141 e. The summed E-state index contributed by atoms with van der Waals surface area (Å²) in [4.78, 5) is 6.72. The number of nitrogens with zero attached hydrogens (tertiary/aromatic N) is 2. The quantitative estimate of drug-likeness (QED) is 0.797. The van der Waals surface area contributed by atoms with E-state index in [1.165, 1.54) is 25.1 Å². The fourth-order valence-corrected chi connectivity index (χ4v) is 3.05. The van der Waals surface area contributed by atoms with E-state index in [0.29, 0.717) is 12.0 Å². The zero-order valence-electron chi connectivity index (χ0n) is 13.6. The fourth-order valence-electron chi connectivity index (χ4n) is 3.05. The molecule has 1 aliphatic rings. The van der Waals surface area contributed by atoms with Gasteiger partial charge in [-0.25, -0.2) is 4.39 Å². The molecule has 0 radical (unpaired) electrons. The maximum absolute atomic E-state index is 13.1. The van der Waals surface area contributed by atoms with Crippen LogP contribution in [0.4, 0.5) is 4.39 Å². The molecule has 118 valence electrons. The first-order chi connectivity index (χ1) is 10.0. The van der Waals surface area contributed by atoms with Crippen LogP contribution in [0.5, 0.6) is 0 Å². The first kappa shape index (κ1) is 16.4. The molecule has 4 heteroatoms. The van der Waals surface area contributed by atoms with Gasteiger partial charge in [0.15, 0.2) is 0 Å². The Morgan fingerprint density at radius 3 is 2.62 bits per heavy atom. The number of halogens is 1. The summed E-state index contributed by atoms with van der Waals surface area (Å²) in [6.07, 6.45) is 4.05. The molecule has 1 heterocycles. The molecule has 0 spiro atoms. The Kier molecular flexibility index (Phi) is 5.71. The van der Waals surface area contributed by atoms with E-state index in [0.717, 1.165) is 24.7 Å². The van der Waals surface area contributed by atoms with Gasteiger partial charge in [-0.2, -0.15) is 0 Å². The minimum atomic E-state index is -0.277. The molecule has 2 rings (SSSR count). The van der Waals surface area contributed by atoms with Crippen molar-refractivity contribution in [1.82, 2.24) is 15.2 Å². The van der Waals surface area contributed by atoms with Crippen molar-refractivity contribution < 1.29 is 4.39 Å². The van der Waals surface area contributed by atoms with Crippen molar-refractivity contribution >= 4 is 0 Å². The number of nitrogens with one attached hydrogen (secondary N) is 1. The minimum Gasteiger partial charge on any atom is -0.309 e. The first-order valence-electron chi connectivity index (χ1n) is 8.08. The third-order valence-electron chi connectivity index (χ3n) is 4.64. The van der Waals surface area contributed by atoms with Crippen LogP contribution in [0.2, 0.25) is 0 Å². The summed E-state index contributed by atoms with van der Waals surface area (Å²) in [5, 5.41) is 3.50. The number of aromatic nitrogens is 1. The summed E-state index contributed by atoms with van der Waals surface area (Å²) in [5.74, 6) is 1.03. The maximum atomic E-state index is 13.1. The maximum Gasteiger partial charge on any atom is 0.141 e. The van der Waals surface area contributed by atoms with E-state index in [9.17, 15) is 4.39 Å². The fraction of sp³-hybridized carbons (Fsp3) is 0.706. The molecular weight excluding hydrogens is 265 g/mol. The van der Waals surface area contributed by atoms with E-state index >= 15 is 0 Å². The van der Waals surface area contributed by atoms with Crippen LogP contribution in [0.15, 0.2) is 18.3 Å². The van der Waals surface area contributed by atoms with Crippen LogP contribution in [-0.2, 0) is 0 Å². The van der Waals surface area contributed by atoms with Gasteiger partial charge in [0.05, 0.1) is 17.9 Å². The largest absolute Gasteiger partial charge is 0.309 e. The van der Waals surface area contributed by atoms with Crippen molar-refractivity contribution in [2.75, 3.05) is 20.1 Å². The molecule has 1 aromatic heterocycles. The predicted octanol–water partition coefficient (Wildman–Crippen LogP) is 3.24. The molecule has 0 aromatic carbocycles. The molecule has 1 aromatic rings. The minimum absolute atomic E-state index is 0.171. The van der Waals surface area contributed by atoms with Gasteiger partial charge in [0.2, 0.25) is 0 Å². The summed E-state index contributed by atoms with van der Waals surface area (Å²) < 4.78 is 13.1. The monoisotopic (exact) mass is 293 g/mol. The molecule has 0 bridgehead atoms. The third-order valence-corrected chi connectivity index (χ3v) is 4.64. The molecule has 21 heavy (non-hydrogen) atoms. The van der Waals surface area contributed by atoms with Gasteiger partial charge in [0, 0.05) is 12.6 Å². The van der Waals surface area contributed by atoms with E-state index in [2.05, 4.69) is 43.0 Å². The standard InChI is InChI=1S/C17H28FN3/c1-5-19-17(16-9-8-15(18)10-20-16)12(2)11-21(4)13(3)14-6-7-14/h8-10,12-14,17,19H,5-7,11H2,1-4H3. The van der Waals surface area contributed by atoms with Gasteiger partial charge >= 0.3 is 0 Å². The van der Waals surface area contributed by atoms with Crippen molar-refractivity contribution in [3.63, 3.8) is 0 Å². The molecule has 3 atom stereocenters. The second-order valence-corrected chi connectivity index (χ2v) is 6.43. The lowest BCUT2D eigenvalue weighted by Gasteiger charge is -2.32. The Bertz CT molecular complexity index is 430. The zero-order valence-corrected chi connectivity index (χ0v) is 13.6. The van der Waals surface area contributed by atoms with Crippen LogP contribution in [0.3, 0.4) is 0 Å². The first-order valence-corrected chi connectivity index (χ1v) is 8.08. The number of rotatable bonds is 8. The van der Waals surface area contributed by atoms with Crippen LogP contribution in [0, 0.1) is 17.7 Å². The normalized spacial score (nSPS) is 19.5. The molecular formula is C17H28FN3. The topological polar surface area (TPSA) is 28.2 Å². The molecule has 1 N–H and O–H groups in total. The molecule has 1 saturated carbocycles. The average molecular weight is 293 g/mol. The second-order valence-electron chi connectivity index (χ2n) is 6.43. The second kappa shape index (κ2) is 7.32. The van der Waals surface area contributed by atoms with Crippen molar-refractivity contribution in [2.45, 2.75) is 45.7 Å². The van der Waals surface area contributed by atoms with Crippen molar-refractivity contribution in [2.24, 2.45) is 11.8 Å².